The van der Waals surface area contributed by atoms with Crippen LogP contribution in [0, 0.1) is 5.92 Å². The van der Waals surface area contributed by atoms with E-state index in [1.54, 1.807) is 34.1 Å². The van der Waals surface area contributed by atoms with E-state index in [0.29, 0.717) is 31.0 Å². The molecule has 2 aromatic rings. The molecule has 0 radical (unpaired) electrons. The minimum Gasteiger partial charge on any atom is -0.496 e. The number of benzene rings is 2. The van der Waals surface area contributed by atoms with Crippen LogP contribution >= 0.6 is 11.6 Å². The lowest BCUT2D eigenvalue weighted by atomic mass is 9.93. The number of amides is 2. The summed E-state index contributed by atoms with van der Waals surface area (Å²) >= 11 is 6.07. The highest BCUT2D eigenvalue weighted by atomic mass is 35.5. The van der Waals surface area contributed by atoms with Gasteiger partial charge < -0.3 is 19.4 Å². The van der Waals surface area contributed by atoms with Crippen LogP contribution in [0.1, 0.15) is 46.7 Å². The highest BCUT2D eigenvalue weighted by Gasteiger charge is 2.43. The van der Waals surface area contributed by atoms with Crippen LogP contribution in [-0.2, 0) is 11.0 Å². The van der Waals surface area contributed by atoms with Crippen molar-refractivity contribution in [2.24, 2.45) is 5.92 Å². The smallest absolute Gasteiger partial charge is 0.419 e. The van der Waals surface area contributed by atoms with Gasteiger partial charge in [-0.2, -0.15) is 26.3 Å². The summed E-state index contributed by atoms with van der Waals surface area (Å²) in [5.41, 5.74) is -0.424. The zero-order valence-electron chi connectivity index (χ0n) is 23.1. The molecule has 42 heavy (non-hydrogen) atoms. The molecule has 2 heterocycles. The number of nitrogens with zero attached hydrogens (tertiary/aromatic N) is 3. The van der Waals surface area contributed by atoms with Gasteiger partial charge in [0.15, 0.2) is 0 Å². The number of hydrogen-bond acceptors (Lipinski definition) is 4. The maximum atomic E-state index is 13.6. The van der Waals surface area contributed by atoms with Gasteiger partial charge in [0.05, 0.1) is 25.1 Å². The molecular formula is C29H32ClF6N3O3. The monoisotopic (exact) mass is 619 g/mol. The normalized spacial score (nSPS) is 20.5. The molecule has 2 aliphatic heterocycles. The summed E-state index contributed by atoms with van der Waals surface area (Å²) in [6.45, 7) is 1.07. The van der Waals surface area contributed by atoms with Gasteiger partial charge in [0.25, 0.3) is 5.91 Å². The van der Waals surface area contributed by atoms with Gasteiger partial charge in [-0.3, -0.25) is 9.59 Å². The Hall–Kier alpha value is -2.99. The fourth-order valence-electron chi connectivity index (χ4n) is 5.76. The molecule has 0 bridgehead atoms. The van der Waals surface area contributed by atoms with Crippen LogP contribution < -0.4 is 4.74 Å². The molecule has 2 saturated heterocycles. The summed E-state index contributed by atoms with van der Waals surface area (Å²) in [5.74, 6) is -1.89. The lowest BCUT2D eigenvalue weighted by Gasteiger charge is -2.33. The van der Waals surface area contributed by atoms with E-state index < -0.39 is 42.0 Å². The first-order valence-corrected chi connectivity index (χ1v) is 13.9. The van der Waals surface area contributed by atoms with Gasteiger partial charge in [-0.05, 0) is 61.8 Å². The van der Waals surface area contributed by atoms with Gasteiger partial charge in [-0.1, -0.05) is 23.7 Å². The maximum absolute atomic E-state index is 13.6. The molecular weight excluding hydrogens is 588 g/mol. The Labute approximate surface area is 245 Å². The zero-order valence-corrected chi connectivity index (χ0v) is 23.9. The van der Waals surface area contributed by atoms with E-state index in [1.807, 2.05) is 0 Å². The number of piperidine rings is 1. The van der Waals surface area contributed by atoms with E-state index in [0.717, 1.165) is 24.8 Å². The fourth-order valence-corrected chi connectivity index (χ4v) is 5.89. The summed E-state index contributed by atoms with van der Waals surface area (Å²) in [4.78, 5) is 31.8. The van der Waals surface area contributed by atoms with E-state index >= 15 is 0 Å². The first kappa shape index (κ1) is 31.9. The van der Waals surface area contributed by atoms with E-state index in [-0.39, 0.29) is 42.9 Å². The lowest BCUT2D eigenvalue weighted by Crippen LogP contribution is -2.44. The molecule has 0 aliphatic carbocycles. The van der Waals surface area contributed by atoms with Gasteiger partial charge in [0.2, 0.25) is 5.91 Å². The third-order valence-electron chi connectivity index (χ3n) is 8.12. The van der Waals surface area contributed by atoms with Crippen molar-refractivity contribution >= 4 is 23.4 Å². The van der Waals surface area contributed by atoms with Crippen molar-refractivity contribution in [1.29, 1.82) is 0 Å². The first-order valence-electron chi connectivity index (χ1n) is 13.5. The molecule has 0 spiro atoms. The van der Waals surface area contributed by atoms with Gasteiger partial charge in [-0.25, -0.2) is 0 Å². The van der Waals surface area contributed by atoms with Crippen molar-refractivity contribution in [3.8, 4) is 5.75 Å². The number of hydrogen-bond donors (Lipinski definition) is 0. The molecule has 0 saturated carbocycles. The van der Waals surface area contributed by atoms with E-state index in [1.165, 1.54) is 18.0 Å². The molecule has 13 heteroatoms. The number of likely N-dealkylation sites (N-methyl/N-ethyl adjacent to an activating group) is 1. The van der Waals surface area contributed by atoms with Crippen LogP contribution in [0.3, 0.4) is 0 Å². The molecule has 6 nitrogen and oxygen atoms in total. The van der Waals surface area contributed by atoms with E-state index in [2.05, 4.69) is 0 Å². The number of halogens is 7. The van der Waals surface area contributed by atoms with Gasteiger partial charge in [0, 0.05) is 49.1 Å². The molecule has 2 aliphatic rings. The van der Waals surface area contributed by atoms with Crippen molar-refractivity contribution in [2.75, 3.05) is 46.9 Å². The summed E-state index contributed by atoms with van der Waals surface area (Å²) < 4.78 is 83.5. The quantitative estimate of drug-likeness (QED) is 0.352. The molecule has 4 rings (SSSR count). The Bertz CT molecular complexity index is 1260. The molecule has 0 unspecified atom stereocenters. The van der Waals surface area contributed by atoms with E-state index in [4.69, 9.17) is 16.3 Å². The van der Waals surface area contributed by atoms with Gasteiger partial charge >= 0.3 is 12.4 Å². The first-order chi connectivity index (χ1) is 19.7. The Morgan fingerprint density at radius 2 is 1.64 bits per heavy atom. The molecule has 0 aromatic heterocycles. The van der Waals surface area contributed by atoms with Crippen LogP contribution in [0.4, 0.5) is 26.3 Å². The van der Waals surface area contributed by atoms with Crippen molar-refractivity contribution in [3.63, 3.8) is 0 Å². The van der Waals surface area contributed by atoms with Crippen molar-refractivity contribution in [1.82, 2.24) is 14.7 Å². The van der Waals surface area contributed by atoms with Crippen LogP contribution in [0.15, 0.2) is 42.5 Å². The number of carbonyl (C=O) groups is 2. The fraction of sp³-hybridized carbons (Fsp3) is 0.517. The Morgan fingerprint density at radius 3 is 2.21 bits per heavy atom. The second-order valence-electron chi connectivity index (χ2n) is 10.8. The minimum atomic E-state index is -4.73. The second kappa shape index (κ2) is 12.7. The number of ether oxygens (including phenoxy) is 1. The standard InChI is InChI=1S/C29H32ClF6N3O3/c1-37(26(40)20-5-8-25(42-2)23(15-20)29(34,35)36)24-17-39(16-22(24)18-3-6-21(30)7-4-18)27(41)19-9-12-38(13-10-19)14-11-28(31,32)33/h3-8,15,19,22,24H,9-14,16-17H2,1-2H3/t22-,24+/m1/s1. The van der Waals surface area contributed by atoms with E-state index in [9.17, 15) is 35.9 Å². The van der Waals surface area contributed by atoms with Crippen LogP contribution in [0.25, 0.3) is 0 Å². The second-order valence-corrected chi connectivity index (χ2v) is 11.2. The minimum absolute atomic E-state index is 0.108. The van der Waals surface area contributed by atoms with Crippen LogP contribution in [0.5, 0.6) is 5.75 Å². The van der Waals surface area contributed by atoms with Crippen molar-refractivity contribution in [2.45, 2.75) is 43.6 Å². The summed E-state index contributed by atoms with van der Waals surface area (Å²) in [6, 6.07) is 9.55. The average molecular weight is 620 g/mol. The van der Waals surface area contributed by atoms with Gasteiger partial charge in [-0.15, -0.1) is 0 Å². The number of rotatable bonds is 7. The predicted molar refractivity (Wildman–Crippen MR) is 144 cm³/mol. The molecule has 0 N–H and O–H groups in total. The highest BCUT2D eigenvalue weighted by Crippen LogP contribution is 2.38. The number of methoxy groups -OCH3 is 1. The predicted octanol–water partition coefficient (Wildman–Crippen LogP) is 6.10. The molecule has 230 valence electrons. The van der Waals surface area contributed by atoms with Gasteiger partial charge in [0.1, 0.15) is 5.75 Å². The lowest BCUT2D eigenvalue weighted by molar-refractivity contribution is -0.141. The Morgan fingerprint density at radius 1 is 1.00 bits per heavy atom. The average Bonchev–Trinajstić information content (AvgIpc) is 3.40. The largest absolute Gasteiger partial charge is 0.496 e. The number of likely N-dealkylation sites (tertiary alicyclic amines) is 2. The zero-order chi connectivity index (χ0) is 30.8. The number of carbonyl (C=O) groups excluding carboxylic acids is 2. The van der Waals surface area contributed by atoms with Crippen molar-refractivity contribution < 1.29 is 40.7 Å². The molecule has 2 amide bonds. The highest BCUT2D eigenvalue weighted by molar-refractivity contribution is 6.30. The maximum Gasteiger partial charge on any atom is 0.419 e. The van der Waals surface area contributed by atoms with Crippen LogP contribution in [0.2, 0.25) is 5.02 Å². The summed E-state index contributed by atoms with van der Waals surface area (Å²) in [5, 5.41) is 0.501. The Kier molecular flexibility index (Phi) is 9.66. The molecule has 2 atom stereocenters. The Balaban J connectivity index is 1.52. The van der Waals surface area contributed by atoms with Crippen molar-refractivity contribution in [3.05, 3.63) is 64.2 Å². The number of alkyl halides is 6. The molecule has 2 aromatic carbocycles. The SMILES string of the molecule is COc1ccc(C(=O)N(C)[C@H]2CN(C(=O)C3CCN(CCC(F)(F)F)CC3)C[C@@H]2c2ccc(Cl)cc2)cc1C(F)(F)F. The summed E-state index contributed by atoms with van der Waals surface area (Å²) in [6.07, 6.45) is -9.03. The topological polar surface area (TPSA) is 53.1 Å². The summed E-state index contributed by atoms with van der Waals surface area (Å²) in [7, 11) is 2.62. The third-order valence-corrected chi connectivity index (χ3v) is 8.37. The molecule has 2 fully saturated rings. The van der Waals surface area contributed by atoms with Crippen LogP contribution in [-0.4, -0.2) is 85.6 Å². The third kappa shape index (κ3) is 7.50.